The highest BCUT2D eigenvalue weighted by atomic mass is 15.3. The lowest BCUT2D eigenvalue weighted by Gasteiger charge is -2.29. The van der Waals surface area contributed by atoms with E-state index in [0.29, 0.717) is 6.04 Å². The van der Waals surface area contributed by atoms with Gasteiger partial charge in [-0.25, -0.2) is 0 Å². The van der Waals surface area contributed by atoms with Crippen molar-refractivity contribution in [2.75, 3.05) is 18.4 Å². The second-order valence-corrected chi connectivity index (χ2v) is 4.36. The van der Waals surface area contributed by atoms with E-state index in [1.807, 2.05) is 23.1 Å². The van der Waals surface area contributed by atoms with Crippen molar-refractivity contribution in [1.29, 1.82) is 0 Å². The van der Waals surface area contributed by atoms with Crippen molar-refractivity contribution in [2.45, 2.75) is 12.6 Å². The molecule has 0 amide bonds. The highest BCUT2D eigenvalue weighted by molar-refractivity contribution is 5.52. The summed E-state index contributed by atoms with van der Waals surface area (Å²) in [5.74, 6) is 0. The fourth-order valence-electron chi connectivity index (χ4n) is 1.98. The molecule has 0 spiro atoms. The first kappa shape index (κ1) is 10.4. The van der Waals surface area contributed by atoms with Gasteiger partial charge in [-0.05, 0) is 17.7 Å². The van der Waals surface area contributed by atoms with Gasteiger partial charge in [0.2, 0.25) is 0 Å². The Bertz CT molecular complexity index is 474. The minimum absolute atomic E-state index is 0.564. The molecule has 0 radical (unpaired) electrons. The van der Waals surface area contributed by atoms with E-state index in [9.17, 15) is 0 Å². The maximum Gasteiger partial charge on any atom is 0.0679 e. The molecule has 3 rings (SSSR count). The van der Waals surface area contributed by atoms with E-state index >= 15 is 0 Å². The van der Waals surface area contributed by atoms with Gasteiger partial charge in [0.15, 0.2) is 0 Å². The van der Waals surface area contributed by atoms with Crippen LogP contribution in [0.1, 0.15) is 5.56 Å². The highest BCUT2D eigenvalue weighted by Crippen LogP contribution is 2.17. The fraction of sp³-hybridized carbons (Fsp3) is 0.308. The average molecular weight is 228 g/mol. The predicted molar refractivity (Wildman–Crippen MR) is 68.1 cm³/mol. The smallest absolute Gasteiger partial charge is 0.0679 e. The van der Waals surface area contributed by atoms with Crippen molar-refractivity contribution < 1.29 is 0 Å². The quantitative estimate of drug-likeness (QED) is 0.829. The molecule has 1 aromatic carbocycles. The topological polar surface area (TPSA) is 41.9 Å². The van der Waals surface area contributed by atoms with Crippen LogP contribution in [0.5, 0.6) is 0 Å². The normalized spacial score (nSPS) is 15.5. The lowest BCUT2D eigenvalue weighted by Crippen LogP contribution is -2.51. The molecule has 1 saturated heterocycles. The summed E-state index contributed by atoms with van der Waals surface area (Å²) in [5.41, 5.74) is 2.50. The zero-order valence-corrected chi connectivity index (χ0v) is 9.63. The molecule has 2 aromatic rings. The SMILES string of the molecule is c1ccc(NC2CNC2)c(Cn2cccn2)c1. The van der Waals surface area contributed by atoms with Gasteiger partial charge in [0.1, 0.15) is 0 Å². The zero-order valence-electron chi connectivity index (χ0n) is 9.63. The largest absolute Gasteiger partial charge is 0.379 e. The molecule has 0 atom stereocenters. The van der Waals surface area contributed by atoms with E-state index in [1.54, 1.807) is 0 Å². The number of hydrogen-bond donors (Lipinski definition) is 2. The second kappa shape index (κ2) is 4.59. The molecule has 1 aliphatic rings. The average Bonchev–Trinajstić information content (AvgIpc) is 2.78. The molecule has 1 aromatic heterocycles. The fourth-order valence-corrected chi connectivity index (χ4v) is 1.98. The third kappa shape index (κ3) is 2.31. The van der Waals surface area contributed by atoms with Crippen molar-refractivity contribution in [3.63, 3.8) is 0 Å². The Morgan fingerprint density at radius 2 is 2.18 bits per heavy atom. The number of rotatable bonds is 4. The summed E-state index contributed by atoms with van der Waals surface area (Å²) in [7, 11) is 0. The molecule has 0 unspecified atom stereocenters. The van der Waals surface area contributed by atoms with Crippen LogP contribution < -0.4 is 10.6 Å². The Morgan fingerprint density at radius 1 is 1.29 bits per heavy atom. The number of para-hydroxylation sites is 1. The Hall–Kier alpha value is -1.81. The van der Waals surface area contributed by atoms with Gasteiger partial charge < -0.3 is 10.6 Å². The summed E-state index contributed by atoms with van der Waals surface area (Å²) in [6.07, 6.45) is 3.80. The van der Waals surface area contributed by atoms with Crippen LogP contribution in [-0.4, -0.2) is 28.9 Å². The van der Waals surface area contributed by atoms with Gasteiger partial charge in [-0.2, -0.15) is 5.10 Å². The molecular formula is C13H16N4. The van der Waals surface area contributed by atoms with Crippen LogP contribution >= 0.6 is 0 Å². The Kier molecular flexibility index (Phi) is 2.80. The Morgan fingerprint density at radius 3 is 2.88 bits per heavy atom. The van der Waals surface area contributed by atoms with E-state index in [0.717, 1.165) is 19.6 Å². The third-order valence-corrected chi connectivity index (χ3v) is 3.05. The van der Waals surface area contributed by atoms with E-state index in [-0.39, 0.29) is 0 Å². The molecule has 2 heterocycles. The van der Waals surface area contributed by atoms with Crippen molar-refractivity contribution in [1.82, 2.24) is 15.1 Å². The van der Waals surface area contributed by atoms with Crippen molar-refractivity contribution in [3.8, 4) is 0 Å². The highest BCUT2D eigenvalue weighted by Gasteiger charge is 2.17. The lowest BCUT2D eigenvalue weighted by atomic mass is 10.1. The van der Waals surface area contributed by atoms with Gasteiger partial charge in [0, 0.05) is 31.2 Å². The molecule has 4 heteroatoms. The van der Waals surface area contributed by atoms with Crippen LogP contribution in [0, 0.1) is 0 Å². The van der Waals surface area contributed by atoms with Crippen LogP contribution in [0.15, 0.2) is 42.7 Å². The van der Waals surface area contributed by atoms with Gasteiger partial charge >= 0.3 is 0 Å². The van der Waals surface area contributed by atoms with Gasteiger partial charge in [-0.1, -0.05) is 18.2 Å². The molecule has 0 bridgehead atoms. The number of hydrogen-bond acceptors (Lipinski definition) is 3. The maximum atomic E-state index is 4.24. The number of benzene rings is 1. The van der Waals surface area contributed by atoms with E-state index in [2.05, 4.69) is 40.0 Å². The Balaban J connectivity index is 1.77. The molecular weight excluding hydrogens is 212 g/mol. The summed E-state index contributed by atoms with van der Waals surface area (Å²) >= 11 is 0. The molecule has 0 saturated carbocycles. The number of anilines is 1. The third-order valence-electron chi connectivity index (χ3n) is 3.05. The van der Waals surface area contributed by atoms with Gasteiger partial charge in [-0.15, -0.1) is 0 Å². The number of aromatic nitrogens is 2. The monoisotopic (exact) mass is 228 g/mol. The van der Waals surface area contributed by atoms with Gasteiger partial charge in [0.05, 0.1) is 12.6 Å². The van der Waals surface area contributed by atoms with Crippen LogP contribution in [0.2, 0.25) is 0 Å². The molecule has 1 fully saturated rings. The van der Waals surface area contributed by atoms with E-state index in [4.69, 9.17) is 0 Å². The minimum atomic E-state index is 0.564. The summed E-state index contributed by atoms with van der Waals surface area (Å²) in [4.78, 5) is 0. The Labute approximate surface area is 101 Å². The standard InChI is InChI=1S/C13H16N4/c1-2-5-13(16-12-8-14-9-12)11(4-1)10-17-7-3-6-15-17/h1-7,12,14,16H,8-10H2. The minimum Gasteiger partial charge on any atom is -0.379 e. The molecule has 4 nitrogen and oxygen atoms in total. The first-order chi connectivity index (χ1) is 8.42. The summed E-state index contributed by atoms with van der Waals surface area (Å²) in [6, 6.07) is 10.9. The van der Waals surface area contributed by atoms with Crippen LogP contribution in [0.3, 0.4) is 0 Å². The molecule has 88 valence electrons. The van der Waals surface area contributed by atoms with Gasteiger partial charge in [0.25, 0.3) is 0 Å². The summed E-state index contributed by atoms with van der Waals surface area (Å²) < 4.78 is 1.94. The van der Waals surface area contributed by atoms with Crippen LogP contribution in [0.4, 0.5) is 5.69 Å². The molecule has 2 N–H and O–H groups in total. The molecule has 1 aliphatic heterocycles. The van der Waals surface area contributed by atoms with E-state index in [1.165, 1.54) is 11.3 Å². The van der Waals surface area contributed by atoms with Crippen LogP contribution in [-0.2, 0) is 6.54 Å². The predicted octanol–water partition coefficient (Wildman–Crippen LogP) is 1.32. The van der Waals surface area contributed by atoms with Crippen molar-refractivity contribution in [2.24, 2.45) is 0 Å². The van der Waals surface area contributed by atoms with Crippen molar-refractivity contribution >= 4 is 5.69 Å². The summed E-state index contributed by atoms with van der Waals surface area (Å²) in [5, 5.41) is 11.1. The first-order valence-corrected chi connectivity index (χ1v) is 5.94. The first-order valence-electron chi connectivity index (χ1n) is 5.94. The van der Waals surface area contributed by atoms with Gasteiger partial charge in [-0.3, -0.25) is 4.68 Å². The lowest BCUT2D eigenvalue weighted by molar-refractivity contribution is 0.471. The summed E-state index contributed by atoms with van der Waals surface area (Å²) in [6.45, 7) is 2.92. The second-order valence-electron chi connectivity index (χ2n) is 4.36. The molecule has 17 heavy (non-hydrogen) atoms. The molecule has 0 aliphatic carbocycles. The zero-order chi connectivity index (χ0) is 11.5. The number of nitrogens with zero attached hydrogens (tertiary/aromatic N) is 2. The number of nitrogens with one attached hydrogen (secondary N) is 2. The van der Waals surface area contributed by atoms with Crippen LogP contribution in [0.25, 0.3) is 0 Å². The van der Waals surface area contributed by atoms with E-state index < -0.39 is 0 Å². The van der Waals surface area contributed by atoms with Crippen molar-refractivity contribution in [3.05, 3.63) is 48.3 Å². The maximum absolute atomic E-state index is 4.24.